The van der Waals surface area contributed by atoms with Gasteiger partial charge in [0, 0.05) is 25.5 Å². The second-order valence-corrected chi connectivity index (χ2v) is 6.69. The van der Waals surface area contributed by atoms with Crippen LogP contribution in [-0.2, 0) is 10.7 Å². The van der Waals surface area contributed by atoms with Crippen LogP contribution < -0.4 is 10.1 Å². The molecule has 0 radical (unpaired) electrons. The second-order valence-electron chi connectivity index (χ2n) is 6.69. The molecule has 1 aromatic carbocycles. The van der Waals surface area contributed by atoms with Crippen molar-refractivity contribution >= 4 is 5.91 Å². The Morgan fingerprint density at radius 3 is 2.79 bits per heavy atom. The Balaban J connectivity index is 1.69. The topological polar surface area (TPSA) is 58.6 Å². The molecule has 0 saturated heterocycles. The molecule has 1 aromatic rings. The molecule has 1 saturated carbocycles. The zero-order valence-electron chi connectivity index (χ0n) is 14.1. The summed E-state index contributed by atoms with van der Waals surface area (Å²) in [5, 5.41) is 11.8. The van der Waals surface area contributed by atoms with Crippen molar-refractivity contribution in [2.45, 2.75) is 57.7 Å². The molecule has 4 nitrogen and oxygen atoms in total. The molecule has 1 aliphatic rings. The van der Waals surface area contributed by atoms with Crippen LogP contribution in [0.4, 0.5) is 8.78 Å². The highest BCUT2D eigenvalue weighted by Crippen LogP contribution is 2.36. The van der Waals surface area contributed by atoms with Crippen LogP contribution in [0.15, 0.2) is 24.3 Å². The van der Waals surface area contributed by atoms with Crippen molar-refractivity contribution in [2.75, 3.05) is 6.54 Å². The first-order valence-corrected chi connectivity index (χ1v) is 8.34. The molecule has 1 aliphatic carbocycles. The van der Waals surface area contributed by atoms with Gasteiger partial charge >= 0.3 is 0 Å². The lowest BCUT2D eigenvalue weighted by atomic mass is 9.79. The summed E-state index contributed by atoms with van der Waals surface area (Å²) in [7, 11) is 0. The van der Waals surface area contributed by atoms with Crippen LogP contribution in [0.25, 0.3) is 0 Å². The molecule has 0 aromatic heterocycles. The molecule has 24 heavy (non-hydrogen) atoms. The van der Waals surface area contributed by atoms with E-state index in [0.717, 1.165) is 26.2 Å². The summed E-state index contributed by atoms with van der Waals surface area (Å²) in [6, 6.07) is 6.04. The highest BCUT2D eigenvalue weighted by atomic mass is 19.3. The van der Waals surface area contributed by atoms with Gasteiger partial charge in [-0.25, -0.2) is 8.78 Å². The number of aliphatic hydroxyl groups excluding tert-OH is 1. The fourth-order valence-corrected chi connectivity index (χ4v) is 2.73. The van der Waals surface area contributed by atoms with Crippen molar-refractivity contribution in [3.8, 4) is 5.75 Å². The number of benzene rings is 1. The summed E-state index contributed by atoms with van der Waals surface area (Å²) in [6.45, 7) is 2.76. The normalized spacial score (nSPS) is 21.7. The number of hydrogen-bond acceptors (Lipinski definition) is 3. The van der Waals surface area contributed by atoms with E-state index in [9.17, 15) is 13.6 Å². The number of rotatable bonds is 8. The second kappa shape index (κ2) is 7.92. The lowest BCUT2D eigenvalue weighted by Crippen LogP contribution is -2.35. The van der Waals surface area contributed by atoms with Gasteiger partial charge in [0.1, 0.15) is 5.75 Å². The van der Waals surface area contributed by atoms with Gasteiger partial charge in [-0.2, -0.15) is 0 Å². The Morgan fingerprint density at radius 2 is 2.17 bits per heavy atom. The fourth-order valence-electron chi connectivity index (χ4n) is 2.73. The molecule has 6 heteroatoms. The van der Waals surface area contributed by atoms with Crippen LogP contribution in [0.1, 0.15) is 45.1 Å². The van der Waals surface area contributed by atoms with E-state index in [0.29, 0.717) is 18.1 Å². The van der Waals surface area contributed by atoms with Gasteiger partial charge in [-0.05, 0) is 44.2 Å². The Kier molecular flexibility index (Phi) is 6.15. The number of amides is 1. The molecule has 2 N–H and O–H groups in total. The average molecular weight is 341 g/mol. The monoisotopic (exact) mass is 341 g/mol. The summed E-state index contributed by atoms with van der Waals surface area (Å²) < 4.78 is 32.4. The van der Waals surface area contributed by atoms with E-state index in [-0.39, 0.29) is 24.1 Å². The lowest BCUT2D eigenvalue weighted by molar-refractivity contribution is -0.122. The number of halogens is 2. The standard InChI is InChI=1S/C18H25F2NO3/c1-12(22)11-21-17(23)7-6-13-8-16(9-13)24-15-5-3-4-14(10-15)18(2,19)20/h3-5,10,12-13,16,22H,6-9,11H2,1-2H3,(H,21,23)/t12-,13?,16?/m1/s1. The van der Waals surface area contributed by atoms with Gasteiger partial charge in [0.05, 0.1) is 12.2 Å². The molecule has 0 unspecified atom stereocenters. The van der Waals surface area contributed by atoms with Gasteiger partial charge in [-0.15, -0.1) is 0 Å². The largest absolute Gasteiger partial charge is 0.490 e. The molecule has 1 fully saturated rings. The van der Waals surface area contributed by atoms with Crippen molar-refractivity contribution in [3.63, 3.8) is 0 Å². The van der Waals surface area contributed by atoms with Crippen molar-refractivity contribution < 1.29 is 23.4 Å². The fraction of sp³-hybridized carbons (Fsp3) is 0.611. The summed E-state index contributed by atoms with van der Waals surface area (Å²) in [6.07, 6.45) is 2.35. The summed E-state index contributed by atoms with van der Waals surface area (Å²) >= 11 is 0. The zero-order valence-corrected chi connectivity index (χ0v) is 14.1. The average Bonchev–Trinajstić information content (AvgIpc) is 2.46. The summed E-state index contributed by atoms with van der Waals surface area (Å²) in [4.78, 5) is 11.6. The van der Waals surface area contributed by atoms with Gasteiger partial charge in [0.15, 0.2) is 0 Å². The smallest absolute Gasteiger partial charge is 0.270 e. The van der Waals surface area contributed by atoms with Crippen molar-refractivity contribution in [1.29, 1.82) is 0 Å². The Bertz CT molecular complexity index is 551. The van der Waals surface area contributed by atoms with Crippen LogP contribution in [0.5, 0.6) is 5.75 Å². The summed E-state index contributed by atoms with van der Waals surface area (Å²) in [5.41, 5.74) is -0.0503. The van der Waals surface area contributed by atoms with E-state index in [2.05, 4.69) is 5.32 Å². The van der Waals surface area contributed by atoms with E-state index in [1.54, 1.807) is 19.1 Å². The maximum atomic E-state index is 13.3. The van der Waals surface area contributed by atoms with E-state index >= 15 is 0 Å². The maximum Gasteiger partial charge on any atom is 0.270 e. The Hall–Kier alpha value is -1.69. The third kappa shape index (κ3) is 5.74. The van der Waals surface area contributed by atoms with E-state index in [1.807, 2.05) is 0 Å². The van der Waals surface area contributed by atoms with E-state index < -0.39 is 12.0 Å². The number of nitrogens with one attached hydrogen (secondary N) is 1. The Morgan fingerprint density at radius 1 is 1.46 bits per heavy atom. The van der Waals surface area contributed by atoms with Crippen LogP contribution in [0.3, 0.4) is 0 Å². The number of aliphatic hydroxyl groups is 1. The van der Waals surface area contributed by atoms with Crippen LogP contribution in [0, 0.1) is 5.92 Å². The number of alkyl halides is 2. The zero-order chi connectivity index (χ0) is 17.7. The molecular weight excluding hydrogens is 316 g/mol. The SMILES string of the molecule is C[C@@H](O)CNC(=O)CCC1CC(Oc2cccc(C(C)(F)F)c2)C1. The van der Waals surface area contributed by atoms with Gasteiger partial charge in [0.2, 0.25) is 5.91 Å². The minimum atomic E-state index is -2.87. The first-order valence-electron chi connectivity index (χ1n) is 8.34. The highest BCUT2D eigenvalue weighted by Gasteiger charge is 2.31. The molecule has 1 amide bonds. The van der Waals surface area contributed by atoms with Crippen LogP contribution in [-0.4, -0.2) is 29.8 Å². The molecule has 134 valence electrons. The van der Waals surface area contributed by atoms with Gasteiger partial charge in [-0.3, -0.25) is 4.79 Å². The molecule has 0 aliphatic heterocycles. The van der Waals surface area contributed by atoms with Gasteiger partial charge in [-0.1, -0.05) is 12.1 Å². The van der Waals surface area contributed by atoms with E-state index in [1.165, 1.54) is 12.1 Å². The van der Waals surface area contributed by atoms with E-state index in [4.69, 9.17) is 9.84 Å². The van der Waals surface area contributed by atoms with Gasteiger partial charge < -0.3 is 15.2 Å². The van der Waals surface area contributed by atoms with Crippen molar-refractivity contribution in [1.82, 2.24) is 5.32 Å². The number of ether oxygens (including phenoxy) is 1. The van der Waals surface area contributed by atoms with Crippen LogP contribution >= 0.6 is 0 Å². The molecule has 0 spiro atoms. The minimum absolute atomic E-state index is 0.0243. The minimum Gasteiger partial charge on any atom is -0.490 e. The number of hydrogen-bond donors (Lipinski definition) is 2. The third-order valence-corrected chi connectivity index (χ3v) is 4.21. The molecule has 0 bridgehead atoms. The Labute approximate surface area is 141 Å². The molecule has 0 heterocycles. The third-order valence-electron chi connectivity index (χ3n) is 4.21. The predicted molar refractivity (Wildman–Crippen MR) is 87.1 cm³/mol. The van der Waals surface area contributed by atoms with Crippen LogP contribution in [0.2, 0.25) is 0 Å². The molecule has 1 atom stereocenters. The first kappa shape index (κ1) is 18.6. The summed E-state index contributed by atoms with van der Waals surface area (Å²) in [5.74, 6) is -2.05. The van der Waals surface area contributed by atoms with Crippen molar-refractivity contribution in [2.24, 2.45) is 5.92 Å². The lowest BCUT2D eigenvalue weighted by Gasteiger charge is -2.35. The molecule has 2 rings (SSSR count). The number of carbonyl (C=O) groups is 1. The van der Waals surface area contributed by atoms with Crippen molar-refractivity contribution in [3.05, 3.63) is 29.8 Å². The number of carbonyl (C=O) groups excluding carboxylic acids is 1. The highest BCUT2D eigenvalue weighted by molar-refractivity contribution is 5.75. The first-order chi connectivity index (χ1) is 11.2. The predicted octanol–water partition coefficient (Wildman–Crippen LogP) is 3.23. The molecular formula is C18H25F2NO3. The quantitative estimate of drug-likeness (QED) is 0.763. The maximum absolute atomic E-state index is 13.3. The van der Waals surface area contributed by atoms with Gasteiger partial charge in [0.25, 0.3) is 5.92 Å².